The van der Waals surface area contributed by atoms with E-state index in [1.54, 1.807) is 0 Å². The molecule has 2 saturated heterocycles. The van der Waals surface area contributed by atoms with Gasteiger partial charge in [-0.15, -0.1) is 0 Å². The van der Waals surface area contributed by atoms with Gasteiger partial charge in [-0.25, -0.2) is 0 Å². The van der Waals surface area contributed by atoms with Crippen LogP contribution in [0.2, 0.25) is 0 Å². The molecule has 0 atom stereocenters. The van der Waals surface area contributed by atoms with Crippen LogP contribution in [0.3, 0.4) is 0 Å². The average molecular weight is 513 g/mol. The fourth-order valence-electron chi connectivity index (χ4n) is 4.62. The summed E-state index contributed by atoms with van der Waals surface area (Å²) in [5, 5.41) is 0. The van der Waals surface area contributed by atoms with Crippen molar-refractivity contribution < 1.29 is 9.59 Å². The zero-order chi connectivity index (χ0) is 26.7. The van der Waals surface area contributed by atoms with E-state index < -0.39 is 0 Å². The third kappa shape index (κ3) is 8.71. The molecule has 200 valence electrons. The highest BCUT2D eigenvalue weighted by Gasteiger charge is 2.18. The summed E-state index contributed by atoms with van der Waals surface area (Å²) in [7, 11) is 4.24. The molecule has 0 aliphatic carbocycles. The molecule has 0 radical (unpaired) electrons. The number of piperazine rings is 2. The molecule has 0 amide bonds. The van der Waals surface area contributed by atoms with Crippen molar-refractivity contribution in [2.45, 2.75) is 0 Å². The van der Waals surface area contributed by atoms with E-state index in [1.165, 1.54) is 0 Å². The number of carbonyl (C=O) groups excluding carboxylic acids is 2. The fourth-order valence-corrected chi connectivity index (χ4v) is 4.62. The Labute approximate surface area is 227 Å². The van der Waals surface area contributed by atoms with Gasteiger partial charge in [0.25, 0.3) is 0 Å². The summed E-state index contributed by atoms with van der Waals surface area (Å²) in [6.45, 7) is 8.86. The Morgan fingerprint density at radius 1 is 0.553 bits per heavy atom. The van der Waals surface area contributed by atoms with Crippen LogP contribution in [0, 0.1) is 0 Å². The van der Waals surface area contributed by atoms with Gasteiger partial charge in [-0.05, 0) is 25.2 Å². The number of benzene rings is 2. The number of carbonyl (C=O) groups is 2. The zero-order valence-electron chi connectivity index (χ0n) is 22.8. The van der Waals surface area contributed by atoms with Crippen molar-refractivity contribution in [3.8, 4) is 0 Å². The van der Waals surface area contributed by atoms with Crippen molar-refractivity contribution in [2.24, 2.45) is 0 Å². The molecule has 2 fully saturated rings. The largest absolute Gasteiger partial charge is 0.304 e. The van der Waals surface area contributed by atoms with Crippen molar-refractivity contribution in [2.75, 3.05) is 79.5 Å². The number of likely N-dealkylation sites (N-methyl/N-ethyl adjacent to an activating group) is 2. The number of Topliss-reactive ketones (excluding diaryl/α,β-unsaturated/α-hetero) is 2. The maximum absolute atomic E-state index is 12.6. The van der Waals surface area contributed by atoms with Crippen LogP contribution in [0.4, 0.5) is 0 Å². The topological polar surface area (TPSA) is 47.1 Å². The first kappa shape index (κ1) is 27.9. The SMILES string of the molecule is CN1CCN(CC(=O)c2ccc(/C=C/C=C/C=C/c3ccc(C(=O)CN4CCN(C)CC4)cc3)cc2)CC1. The Morgan fingerprint density at radius 3 is 1.24 bits per heavy atom. The van der Waals surface area contributed by atoms with Crippen LogP contribution in [0.1, 0.15) is 31.8 Å². The maximum Gasteiger partial charge on any atom is 0.176 e. The first-order chi connectivity index (χ1) is 18.5. The number of rotatable bonds is 10. The highest BCUT2D eigenvalue weighted by atomic mass is 16.1. The van der Waals surface area contributed by atoms with Gasteiger partial charge in [0, 0.05) is 63.5 Å². The predicted octanol–water partition coefficient (Wildman–Crippen LogP) is 3.83. The van der Waals surface area contributed by atoms with Crippen molar-refractivity contribution in [1.29, 1.82) is 0 Å². The van der Waals surface area contributed by atoms with Gasteiger partial charge < -0.3 is 9.80 Å². The Bertz CT molecular complexity index is 1040. The third-order valence-electron chi connectivity index (χ3n) is 7.30. The fraction of sp³-hybridized carbons (Fsp3) is 0.375. The Balaban J connectivity index is 1.19. The summed E-state index contributed by atoms with van der Waals surface area (Å²) in [6.07, 6.45) is 12.0. The molecule has 0 bridgehead atoms. The van der Waals surface area contributed by atoms with E-state index in [1.807, 2.05) is 85.0 Å². The lowest BCUT2D eigenvalue weighted by Gasteiger charge is -2.31. The lowest BCUT2D eigenvalue weighted by molar-refractivity contribution is 0.0869. The van der Waals surface area contributed by atoms with Crippen molar-refractivity contribution in [3.63, 3.8) is 0 Å². The minimum absolute atomic E-state index is 0.183. The molecule has 38 heavy (non-hydrogen) atoms. The van der Waals surface area contributed by atoms with E-state index in [4.69, 9.17) is 0 Å². The number of hydrogen-bond donors (Lipinski definition) is 0. The molecule has 4 rings (SSSR count). The van der Waals surface area contributed by atoms with Crippen LogP contribution in [-0.4, -0.2) is 111 Å². The predicted molar refractivity (Wildman–Crippen MR) is 157 cm³/mol. The van der Waals surface area contributed by atoms with E-state index in [0.29, 0.717) is 13.1 Å². The lowest BCUT2D eigenvalue weighted by atomic mass is 10.1. The molecule has 0 spiro atoms. The number of allylic oxidation sites excluding steroid dienone is 4. The molecule has 0 N–H and O–H groups in total. The summed E-state index contributed by atoms with van der Waals surface area (Å²) in [5.41, 5.74) is 3.66. The van der Waals surface area contributed by atoms with Gasteiger partial charge in [-0.2, -0.15) is 0 Å². The average Bonchev–Trinajstić information content (AvgIpc) is 2.94. The highest BCUT2D eigenvalue weighted by molar-refractivity contribution is 5.98. The monoisotopic (exact) mass is 512 g/mol. The first-order valence-electron chi connectivity index (χ1n) is 13.6. The van der Waals surface area contributed by atoms with Gasteiger partial charge in [0.05, 0.1) is 13.1 Å². The van der Waals surface area contributed by atoms with E-state index in [-0.39, 0.29) is 11.6 Å². The van der Waals surface area contributed by atoms with Crippen molar-refractivity contribution in [1.82, 2.24) is 19.6 Å². The molecule has 0 unspecified atom stereocenters. The molecule has 6 heteroatoms. The summed E-state index contributed by atoms with van der Waals surface area (Å²) in [5.74, 6) is 0.366. The van der Waals surface area contributed by atoms with Gasteiger partial charge in [-0.1, -0.05) is 85.0 Å². The second-order valence-corrected chi connectivity index (χ2v) is 10.4. The Hall–Kier alpha value is -3.16. The molecule has 2 aliphatic rings. The minimum atomic E-state index is 0.183. The van der Waals surface area contributed by atoms with Crippen LogP contribution in [0.25, 0.3) is 12.2 Å². The van der Waals surface area contributed by atoms with E-state index >= 15 is 0 Å². The van der Waals surface area contributed by atoms with E-state index in [2.05, 4.69) is 33.7 Å². The van der Waals surface area contributed by atoms with Crippen LogP contribution in [0.5, 0.6) is 0 Å². The Kier molecular flexibility index (Phi) is 10.4. The number of ketones is 2. The Morgan fingerprint density at radius 2 is 0.895 bits per heavy atom. The van der Waals surface area contributed by atoms with E-state index in [0.717, 1.165) is 74.6 Å². The molecule has 2 aliphatic heterocycles. The van der Waals surface area contributed by atoms with Crippen LogP contribution in [0.15, 0.2) is 72.8 Å². The third-order valence-corrected chi connectivity index (χ3v) is 7.30. The molecule has 2 heterocycles. The molecule has 2 aromatic carbocycles. The summed E-state index contributed by atoms with van der Waals surface area (Å²) >= 11 is 0. The van der Waals surface area contributed by atoms with Crippen LogP contribution >= 0.6 is 0 Å². The molecule has 2 aromatic rings. The summed E-state index contributed by atoms with van der Waals surface area (Å²) in [6, 6.07) is 15.6. The molecular formula is C32H40N4O2. The van der Waals surface area contributed by atoms with Crippen LogP contribution < -0.4 is 0 Å². The second-order valence-electron chi connectivity index (χ2n) is 10.4. The highest BCUT2D eigenvalue weighted by Crippen LogP contribution is 2.11. The molecular weight excluding hydrogens is 472 g/mol. The van der Waals surface area contributed by atoms with E-state index in [9.17, 15) is 9.59 Å². The standard InChI is InChI=1S/C32H40N4O2/c1-33-17-21-35(22-18-33)25-31(37)29-13-9-27(10-14-29)7-5-3-4-6-8-28-11-15-30(16-12-28)32(38)26-36-23-19-34(2)20-24-36/h3-16H,17-26H2,1-2H3/b4-3+,7-5+,8-6+. The van der Waals surface area contributed by atoms with Gasteiger partial charge in [0.15, 0.2) is 11.6 Å². The maximum atomic E-state index is 12.6. The van der Waals surface area contributed by atoms with Crippen molar-refractivity contribution in [3.05, 3.63) is 95.1 Å². The van der Waals surface area contributed by atoms with Gasteiger partial charge >= 0.3 is 0 Å². The van der Waals surface area contributed by atoms with Gasteiger partial charge in [0.2, 0.25) is 0 Å². The normalized spacial score (nSPS) is 18.7. The first-order valence-corrected chi connectivity index (χ1v) is 13.6. The van der Waals surface area contributed by atoms with Gasteiger partial charge in [0.1, 0.15) is 0 Å². The van der Waals surface area contributed by atoms with Crippen molar-refractivity contribution >= 4 is 23.7 Å². The van der Waals surface area contributed by atoms with Gasteiger partial charge in [-0.3, -0.25) is 19.4 Å². The smallest absolute Gasteiger partial charge is 0.176 e. The second kappa shape index (κ2) is 14.1. The quantitative estimate of drug-likeness (QED) is 0.356. The minimum Gasteiger partial charge on any atom is -0.304 e. The van der Waals surface area contributed by atoms with Crippen LogP contribution in [-0.2, 0) is 0 Å². The summed E-state index contributed by atoms with van der Waals surface area (Å²) in [4.78, 5) is 34.2. The molecule has 0 saturated carbocycles. The number of hydrogen-bond acceptors (Lipinski definition) is 6. The molecule has 0 aromatic heterocycles. The zero-order valence-corrected chi connectivity index (χ0v) is 22.8. The number of nitrogens with zero attached hydrogens (tertiary/aromatic N) is 4. The lowest BCUT2D eigenvalue weighted by Crippen LogP contribution is -2.46. The molecule has 6 nitrogen and oxygen atoms in total. The summed E-state index contributed by atoms with van der Waals surface area (Å²) < 4.78 is 0.